The van der Waals surface area contributed by atoms with Crippen LogP contribution in [-0.4, -0.2) is 36.3 Å². The first kappa shape index (κ1) is 15.4. The van der Waals surface area contributed by atoms with Crippen LogP contribution in [0.1, 0.15) is 37.7 Å². The second kappa shape index (κ2) is 7.11. The Balaban J connectivity index is 2.18. The van der Waals surface area contributed by atoms with Crippen molar-refractivity contribution in [1.82, 2.24) is 4.90 Å². The Labute approximate surface area is 125 Å². The van der Waals surface area contributed by atoms with Gasteiger partial charge in [-0.15, -0.1) is 0 Å². The molecule has 0 radical (unpaired) electrons. The molecule has 1 aliphatic rings. The first-order valence-electron chi connectivity index (χ1n) is 7.53. The molecule has 0 saturated heterocycles. The van der Waals surface area contributed by atoms with Crippen molar-refractivity contribution in [2.75, 3.05) is 25.0 Å². The number of rotatable bonds is 6. The summed E-state index contributed by atoms with van der Waals surface area (Å²) in [6.45, 7) is 3.42. The van der Waals surface area contributed by atoms with Crippen LogP contribution in [0.15, 0.2) is 24.3 Å². The molecule has 2 amide bonds. The zero-order chi connectivity index (χ0) is 15.2. The van der Waals surface area contributed by atoms with Crippen LogP contribution in [0.5, 0.6) is 0 Å². The molecule has 0 spiro atoms. The SMILES string of the molecule is CCCCN(CC(N)=O)C(=O)C1CCNc2ccccc21. The van der Waals surface area contributed by atoms with Crippen LogP contribution in [-0.2, 0) is 9.59 Å². The van der Waals surface area contributed by atoms with E-state index in [1.54, 1.807) is 4.90 Å². The number of carbonyl (C=O) groups excluding carboxylic acids is 2. The van der Waals surface area contributed by atoms with Crippen molar-refractivity contribution in [2.45, 2.75) is 32.1 Å². The number of nitrogens with two attached hydrogens (primary N) is 1. The number of nitrogens with zero attached hydrogens (tertiary/aromatic N) is 1. The maximum atomic E-state index is 12.8. The van der Waals surface area contributed by atoms with E-state index >= 15 is 0 Å². The van der Waals surface area contributed by atoms with Crippen molar-refractivity contribution in [2.24, 2.45) is 5.73 Å². The zero-order valence-electron chi connectivity index (χ0n) is 12.5. The number of primary amides is 1. The van der Waals surface area contributed by atoms with E-state index < -0.39 is 5.91 Å². The summed E-state index contributed by atoms with van der Waals surface area (Å²) in [4.78, 5) is 25.6. The molecule has 114 valence electrons. The summed E-state index contributed by atoms with van der Waals surface area (Å²) in [5.74, 6) is -0.628. The Morgan fingerprint density at radius 2 is 2.14 bits per heavy atom. The van der Waals surface area contributed by atoms with Crippen molar-refractivity contribution in [3.8, 4) is 0 Å². The highest BCUT2D eigenvalue weighted by Crippen LogP contribution is 2.32. The molecule has 1 aliphatic heterocycles. The molecule has 1 unspecified atom stereocenters. The third-order valence-corrected chi connectivity index (χ3v) is 3.82. The van der Waals surface area contributed by atoms with Gasteiger partial charge in [-0.25, -0.2) is 0 Å². The van der Waals surface area contributed by atoms with Crippen molar-refractivity contribution in [3.05, 3.63) is 29.8 Å². The highest BCUT2D eigenvalue weighted by molar-refractivity contribution is 5.89. The zero-order valence-corrected chi connectivity index (χ0v) is 12.5. The molecule has 0 aromatic heterocycles. The van der Waals surface area contributed by atoms with E-state index in [1.807, 2.05) is 24.3 Å². The molecular formula is C16H23N3O2. The van der Waals surface area contributed by atoms with E-state index in [2.05, 4.69) is 12.2 Å². The molecule has 0 aliphatic carbocycles. The summed E-state index contributed by atoms with van der Waals surface area (Å²) < 4.78 is 0. The number of hydrogen-bond donors (Lipinski definition) is 2. The van der Waals surface area contributed by atoms with Crippen LogP contribution in [0.4, 0.5) is 5.69 Å². The smallest absolute Gasteiger partial charge is 0.237 e. The van der Waals surface area contributed by atoms with E-state index in [4.69, 9.17) is 5.73 Å². The molecule has 1 aromatic rings. The summed E-state index contributed by atoms with van der Waals surface area (Å²) in [7, 11) is 0. The van der Waals surface area contributed by atoms with E-state index in [1.165, 1.54) is 0 Å². The summed E-state index contributed by atoms with van der Waals surface area (Å²) in [5.41, 5.74) is 7.31. The quantitative estimate of drug-likeness (QED) is 0.837. The first-order chi connectivity index (χ1) is 10.1. The lowest BCUT2D eigenvalue weighted by Crippen LogP contribution is -2.42. The van der Waals surface area contributed by atoms with Gasteiger partial charge in [0.15, 0.2) is 0 Å². The van der Waals surface area contributed by atoms with Gasteiger partial charge in [0, 0.05) is 18.8 Å². The predicted octanol–water partition coefficient (Wildman–Crippen LogP) is 1.70. The molecule has 1 aromatic carbocycles. The van der Waals surface area contributed by atoms with Crippen molar-refractivity contribution >= 4 is 17.5 Å². The van der Waals surface area contributed by atoms with Crippen molar-refractivity contribution < 1.29 is 9.59 Å². The summed E-state index contributed by atoms with van der Waals surface area (Å²) in [5, 5.41) is 3.31. The first-order valence-corrected chi connectivity index (χ1v) is 7.53. The molecule has 0 bridgehead atoms. The monoisotopic (exact) mass is 289 g/mol. The second-order valence-corrected chi connectivity index (χ2v) is 5.43. The van der Waals surface area contributed by atoms with Gasteiger partial charge in [0.05, 0.1) is 12.5 Å². The van der Waals surface area contributed by atoms with Gasteiger partial charge < -0.3 is 16.0 Å². The fourth-order valence-electron chi connectivity index (χ4n) is 2.75. The van der Waals surface area contributed by atoms with Crippen LogP contribution >= 0.6 is 0 Å². The van der Waals surface area contributed by atoms with Crippen LogP contribution < -0.4 is 11.1 Å². The lowest BCUT2D eigenvalue weighted by atomic mass is 9.89. The molecule has 3 N–H and O–H groups in total. The third-order valence-electron chi connectivity index (χ3n) is 3.82. The topological polar surface area (TPSA) is 75.4 Å². The van der Waals surface area contributed by atoms with Crippen molar-refractivity contribution in [1.29, 1.82) is 0 Å². The molecule has 0 fully saturated rings. The highest BCUT2D eigenvalue weighted by atomic mass is 16.2. The fourth-order valence-corrected chi connectivity index (χ4v) is 2.75. The van der Waals surface area contributed by atoms with E-state index in [0.717, 1.165) is 37.1 Å². The average molecular weight is 289 g/mol. The predicted molar refractivity (Wildman–Crippen MR) is 83.0 cm³/mol. The molecule has 1 heterocycles. The van der Waals surface area contributed by atoms with Crippen molar-refractivity contribution in [3.63, 3.8) is 0 Å². The number of carbonyl (C=O) groups is 2. The van der Waals surface area contributed by atoms with Gasteiger partial charge in [-0.2, -0.15) is 0 Å². The van der Waals surface area contributed by atoms with Crippen LogP contribution in [0.3, 0.4) is 0 Å². The largest absolute Gasteiger partial charge is 0.385 e. The van der Waals surface area contributed by atoms with Gasteiger partial charge in [-0.3, -0.25) is 9.59 Å². The number of benzene rings is 1. The third kappa shape index (κ3) is 3.74. The average Bonchev–Trinajstić information content (AvgIpc) is 2.50. The molecule has 0 saturated carbocycles. The fraction of sp³-hybridized carbons (Fsp3) is 0.500. The second-order valence-electron chi connectivity index (χ2n) is 5.43. The number of para-hydroxylation sites is 1. The number of fused-ring (bicyclic) bond motifs is 1. The summed E-state index contributed by atoms with van der Waals surface area (Å²) in [6.07, 6.45) is 2.61. The molecular weight excluding hydrogens is 266 g/mol. The van der Waals surface area contributed by atoms with E-state index in [0.29, 0.717) is 6.54 Å². The van der Waals surface area contributed by atoms with Gasteiger partial charge in [-0.1, -0.05) is 31.5 Å². The molecule has 5 nitrogen and oxygen atoms in total. The minimum atomic E-state index is -0.457. The Morgan fingerprint density at radius 3 is 2.86 bits per heavy atom. The van der Waals surface area contributed by atoms with Crippen LogP contribution in [0.2, 0.25) is 0 Å². The minimum Gasteiger partial charge on any atom is -0.385 e. The Hall–Kier alpha value is -2.04. The van der Waals surface area contributed by atoms with Gasteiger partial charge >= 0.3 is 0 Å². The summed E-state index contributed by atoms with van der Waals surface area (Å²) >= 11 is 0. The lowest BCUT2D eigenvalue weighted by Gasteiger charge is -2.30. The van der Waals surface area contributed by atoms with Gasteiger partial charge in [0.25, 0.3) is 0 Å². The summed E-state index contributed by atoms with van der Waals surface area (Å²) in [6, 6.07) is 7.86. The lowest BCUT2D eigenvalue weighted by molar-refractivity contribution is -0.136. The standard InChI is InChI=1S/C16H23N3O2/c1-2-3-10-19(11-15(17)20)16(21)13-8-9-18-14-7-5-4-6-12(13)14/h4-7,13,18H,2-3,8-11H2,1H3,(H2,17,20). The normalized spacial score (nSPS) is 16.7. The number of anilines is 1. The van der Waals surface area contributed by atoms with Gasteiger partial charge in [-0.05, 0) is 24.5 Å². The van der Waals surface area contributed by atoms with Gasteiger partial charge in [0.2, 0.25) is 11.8 Å². The van der Waals surface area contributed by atoms with Gasteiger partial charge in [0.1, 0.15) is 0 Å². The maximum absolute atomic E-state index is 12.8. The molecule has 2 rings (SSSR count). The highest BCUT2D eigenvalue weighted by Gasteiger charge is 2.30. The Morgan fingerprint density at radius 1 is 1.38 bits per heavy atom. The van der Waals surface area contributed by atoms with E-state index in [-0.39, 0.29) is 18.4 Å². The number of hydrogen-bond acceptors (Lipinski definition) is 3. The maximum Gasteiger partial charge on any atom is 0.237 e. The minimum absolute atomic E-state index is 0.00489. The Bertz CT molecular complexity index is 516. The number of nitrogens with one attached hydrogen (secondary N) is 1. The number of amides is 2. The Kier molecular flexibility index (Phi) is 5.20. The number of unbranched alkanes of at least 4 members (excludes halogenated alkanes) is 1. The molecule has 21 heavy (non-hydrogen) atoms. The van der Waals surface area contributed by atoms with E-state index in [9.17, 15) is 9.59 Å². The molecule has 1 atom stereocenters. The molecule has 5 heteroatoms. The van der Waals surface area contributed by atoms with Crippen LogP contribution in [0.25, 0.3) is 0 Å². The van der Waals surface area contributed by atoms with Crippen LogP contribution in [0, 0.1) is 0 Å².